The summed E-state index contributed by atoms with van der Waals surface area (Å²) in [6, 6.07) is 10.7. The molecule has 2 heterocycles. The molecule has 0 atom stereocenters. The minimum atomic E-state index is -0.219. The third kappa shape index (κ3) is 1.52. The van der Waals surface area contributed by atoms with Crippen LogP contribution in [0, 0.1) is 6.92 Å². The molecule has 1 aliphatic heterocycles. The van der Waals surface area contributed by atoms with Crippen molar-refractivity contribution in [2.75, 3.05) is 0 Å². The summed E-state index contributed by atoms with van der Waals surface area (Å²) >= 11 is 3.45. The lowest BCUT2D eigenvalue weighted by atomic mass is 10.1. The Kier molecular flexibility index (Phi) is 2.44. The van der Waals surface area contributed by atoms with E-state index in [1.165, 1.54) is 4.57 Å². The molecule has 1 aliphatic rings. The molecule has 4 nitrogen and oxygen atoms in total. The molecule has 0 radical (unpaired) electrons. The van der Waals surface area contributed by atoms with Gasteiger partial charge >= 0.3 is 0 Å². The highest BCUT2D eigenvalue weighted by Gasteiger charge is 2.32. The van der Waals surface area contributed by atoms with Gasteiger partial charge in [0.05, 0.1) is 22.2 Å². The SMILES string of the molecule is Cc1ccc2c(c1Br)C(=O)c1nc3ccccc3c(=O)n1-2. The summed E-state index contributed by atoms with van der Waals surface area (Å²) in [6.07, 6.45) is 0. The fourth-order valence-corrected chi connectivity index (χ4v) is 3.21. The monoisotopic (exact) mass is 340 g/mol. The van der Waals surface area contributed by atoms with E-state index in [1.54, 1.807) is 30.3 Å². The van der Waals surface area contributed by atoms with E-state index in [2.05, 4.69) is 20.9 Å². The number of halogens is 1. The molecule has 0 spiro atoms. The van der Waals surface area contributed by atoms with Gasteiger partial charge in [-0.25, -0.2) is 4.98 Å². The zero-order valence-corrected chi connectivity index (χ0v) is 12.6. The summed E-state index contributed by atoms with van der Waals surface area (Å²) in [5.74, 6) is -0.0385. The van der Waals surface area contributed by atoms with Crippen molar-refractivity contribution in [3.05, 3.63) is 68.2 Å². The molecule has 0 saturated carbocycles. The van der Waals surface area contributed by atoms with Crippen LogP contribution in [0.25, 0.3) is 16.6 Å². The van der Waals surface area contributed by atoms with E-state index in [0.29, 0.717) is 22.2 Å². The largest absolute Gasteiger partial charge is 0.285 e. The Morgan fingerprint density at radius 3 is 2.67 bits per heavy atom. The van der Waals surface area contributed by atoms with Crippen molar-refractivity contribution in [1.82, 2.24) is 9.55 Å². The highest BCUT2D eigenvalue weighted by molar-refractivity contribution is 9.10. The van der Waals surface area contributed by atoms with Gasteiger partial charge in [0.25, 0.3) is 5.56 Å². The molecule has 102 valence electrons. The molecular formula is C16H9BrN2O2. The summed E-state index contributed by atoms with van der Waals surface area (Å²) in [5.41, 5.74) is 2.39. The van der Waals surface area contributed by atoms with Crippen LogP contribution in [0.5, 0.6) is 0 Å². The van der Waals surface area contributed by atoms with Crippen LogP contribution in [-0.2, 0) is 0 Å². The van der Waals surface area contributed by atoms with Crippen LogP contribution in [0.1, 0.15) is 21.7 Å². The molecule has 0 bridgehead atoms. The molecule has 1 aromatic heterocycles. The van der Waals surface area contributed by atoms with Gasteiger partial charge in [0, 0.05) is 4.47 Å². The quantitative estimate of drug-likeness (QED) is 0.494. The summed E-state index contributed by atoms with van der Waals surface area (Å²) in [6.45, 7) is 1.91. The summed E-state index contributed by atoms with van der Waals surface area (Å²) in [7, 11) is 0. The van der Waals surface area contributed by atoms with E-state index < -0.39 is 0 Å². The molecule has 0 saturated heterocycles. The Bertz CT molecular complexity index is 1010. The van der Waals surface area contributed by atoms with Crippen LogP contribution in [0.4, 0.5) is 0 Å². The third-order valence-corrected chi connectivity index (χ3v) is 4.78. The van der Waals surface area contributed by atoms with E-state index in [9.17, 15) is 9.59 Å². The Balaban J connectivity index is 2.21. The van der Waals surface area contributed by atoms with Crippen LogP contribution in [0.2, 0.25) is 0 Å². The second kappa shape index (κ2) is 4.11. The average molecular weight is 341 g/mol. The van der Waals surface area contributed by atoms with Crippen LogP contribution in [-0.4, -0.2) is 15.3 Å². The van der Waals surface area contributed by atoms with E-state index in [0.717, 1.165) is 10.0 Å². The van der Waals surface area contributed by atoms with Crippen molar-refractivity contribution in [1.29, 1.82) is 0 Å². The maximum absolute atomic E-state index is 12.7. The standard InChI is InChI=1S/C16H9BrN2O2/c1-8-6-7-11-12(13(8)17)14(20)15-18-10-5-3-2-4-9(10)16(21)19(11)15/h2-7H,1H3. The molecule has 3 aromatic rings. The molecule has 0 fully saturated rings. The Labute approximate surface area is 128 Å². The number of hydrogen-bond donors (Lipinski definition) is 0. The summed E-state index contributed by atoms with van der Waals surface area (Å²) in [5, 5.41) is 0.513. The van der Waals surface area contributed by atoms with Crippen molar-refractivity contribution < 1.29 is 4.79 Å². The van der Waals surface area contributed by atoms with Gasteiger partial charge in [0.15, 0.2) is 5.82 Å². The maximum atomic E-state index is 12.7. The van der Waals surface area contributed by atoms with Gasteiger partial charge in [-0.15, -0.1) is 0 Å². The summed E-state index contributed by atoms with van der Waals surface area (Å²) in [4.78, 5) is 29.7. The lowest BCUT2D eigenvalue weighted by Gasteiger charge is -2.06. The van der Waals surface area contributed by atoms with E-state index in [1.807, 2.05) is 13.0 Å². The number of carbonyl (C=O) groups is 1. The van der Waals surface area contributed by atoms with Gasteiger partial charge < -0.3 is 0 Å². The van der Waals surface area contributed by atoms with Crippen LogP contribution in [0.3, 0.4) is 0 Å². The van der Waals surface area contributed by atoms with Crippen molar-refractivity contribution in [3.8, 4) is 5.69 Å². The maximum Gasteiger partial charge on any atom is 0.266 e. The van der Waals surface area contributed by atoms with Gasteiger partial charge in [-0.3, -0.25) is 14.2 Å². The van der Waals surface area contributed by atoms with Crippen molar-refractivity contribution >= 4 is 32.6 Å². The number of para-hydroxylation sites is 1. The van der Waals surface area contributed by atoms with E-state index in [-0.39, 0.29) is 17.2 Å². The number of carbonyl (C=O) groups excluding carboxylic acids is 1. The normalized spacial score (nSPS) is 12.6. The minimum Gasteiger partial charge on any atom is -0.285 e. The predicted molar refractivity (Wildman–Crippen MR) is 83.2 cm³/mol. The van der Waals surface area contributed by atoms with Gasteiger partial charge in [-0.2, -0.15) is 0 Å². The predicted octanol–water partition coefficient (Wildman–Crippen LogP) is 3.00. The molecule has 0 amide bonds. The van der Waals surface area contributed by atoms with Gasteiger partial charge in [-0.05, 0) is 46.6 Å². The Hall–Kier alpha value is -2.27. The molecule has 2 aromatic carbocycles. The zero-order valence-electron chi connectivity index (χ0n) is 11.1. The van der Waals surface area contributed by atoms with Crippen LogP contribution >= 0.6 is 15.9 Å². The van der Waals surface area contributed by atoms with Crippen molar-refractivity contribution in [3.63, 3.8) is 0 Å². The third-order valence-electron chi connectivity index (χ3n) is 3.76. The number of rotatable bonds is 0. The Morgan fingerprint density at radius 2 is 1.86 bits per heavy atom. The fourth-order valence-electron chi connectivity index (χ4n) is 2.69. The highest BCUT2D eigenvalue weighted by Crippen LogP contribution is 2.33. The van der Waals surface area contributed by atoms with Gasteiger partial charge in [-0.1, -0.05) is 18.2 Å². The first-order chi connectivity index (χ1) is 10.1. The van der Waals surface area contributed by atoms with E-state index >= 15 is 0 Å². The molecule has 21 heavy (non-hydrogen) atoms. The molecule has 5 heteroatoms. The first-order valence-electron chi connectivity index (χ1n) is 6.45. The molecule has 0 unspecified atom stereocenters. The number of benzene rings is 2. The number of nitrogens with zero attached hydrogens (tertiary/aromatic N) is 2. The van der Waals surface area contributed by atoms with Gasteiger partial charge in [0.2, 0.25) is 5.78 Å². The lowest BCUT2D eigenvalue weighted by molar-refractivity contribution is 0.103. The molecule has 4 rings (SSSR count). The van der Waals surface area contributed by atoms with Crippen molar-refractivity contribution in [2.45, 2.75) is 6.92 Å². The van der Waals surface area contributed by atoms with Crippen molar-refractivity contribution in [2.24, 2.45) is 0 Å². The second-order valence-corrected chi connectivity index (χ2v) is 5.81. The number of ketones is 1. The number of aromatic nitrogens is 2. The average Bonchev–Trinajstić information content (AvgIpc) is 2.77. The van der Waals surface area contributed by atoms with Crippen LogP contribution in [0.15, 0.2) is 45.7 Å². The first-order valence-corrected chi connectivity index (χ1v) is 7.25. The fraction of sp³-hybridized carbons (Fsp3) is 0.0625. The highest BCUT2D eigenvalue weighted by atomic mass is 79.9. The molecule has 0 N–H and O–H groups in total. The number of hydrogen-bond acceptors (Lipinski definition) is 3. The minimum absolute atomic E-state index is 0.181. The Morgan fingerprint density at radius 1 is 1.10 bits per heavy atom. The molecular weight excluding hydrogens is 332 g/mol. The smallest absolute Gasteiger partial charge is 0.266 e. The topological polar surface area (TPSA) is 52.0 Å². The summed E-state index contributed by atoms with van der Waals surface area (Å²) < 4.78 is 2.13. The van der Waals surface area contributed by atoms with E-state index in [4.69, 9.17) is 0 Å². The second-order valence-electron chi connectivity index (χ2n) is 5.01. The van der Waals surface area contributed by atoms with Gasteiger partial charge in [0.1, 0.15) is 0 Å². The van der Waals surface area contributed by atoms with Crippen LogP contribution < -0.4 is 5.56 Å². The number of fused-ring (bicyclic) bond motifs is 4. The lowest BCUT2D eigenvalue weighted by Crippen LogP contribution is -2.21. The molecule has 0 aliphatic carbocycles. The zero-order chi connectivity index (χ0) is 14.7. The number of aryl methyl sites for hydroxylation is 1. The first kappa shape index (κ1) is 12.5.